The highest BCUT2D eigenvalue weighted by Crippen LogP contribution is 2.41. The van der Waals surface area contributed by atoms with Gasteiger partial charge in [-0.05, 0) is 37.1 Å². The van der Waals surface area contributed by atoms with Crippen LogP contribution in [-0.2, 0) is 5.75 Å². The number of benzene rings is 1. The van der Waals surface area contributed by atoms with Crippen LogP contribution in [-0.4, -0.2) is 24.1 Å². The van der Waals surface area contributed by atoms with E-state index in [4.69, 9.17) is 0 Å². The van der Waals surface area contributed by atoms with Crippen molar-refractivity contribution in [3.63, 3.8) is 0 Å². The molecule has 0 bridgehead atoms. The molecule has 0 amide bonds. The zero-order chi connectivity index (χ0) is 16.6. The summed E-state index contributed by atoms with van der Waals surface area (Å²) in [6.07, 6.45) is 6.52. The van der Waals surface area contributed by atoms with E-state index < -0.39 is 0 Å². The van der Waals surface area contributed by atoms with Gasteiger partial charge in [0.05, 0.1) is 5.69 Å². The summed E-state index contributed by atoms with van der Waals surface area (Å²) < 4.78 is 4.26. The zero-order valence-corrected chi connectivity index (χ0v) is 14.4. The first-order valence-electron chi connectivity index (χ1n) is 8.44. The molecule has 0 aliphatic heterocycles. The molecule has 0 spiro atoms. The Labute approximate surface area is 149 Å². The Morgan fingerprint density at radius 3 is 2.64 bits per heavy atom. The number of rotatable bonds is 5. The molecule has 5 nitrogen and oxygen atoms in total. The lowest BCUT2D eigenvalue weighted by Crippen LogP contribution is -2.01. The molecule has 124 valence electrons. The molecule has 0 N–H and O–H groups in total. The molecule has 1 aromatic carbocycles. The Bertz CT molecular complexity index is 984. The quantitative estimate of drug-likeness (QED) is 0.510. The van der Waals surface area contributed by atoms with Gasteiger partial charge < -0.3 is 4.40 Å². The summed E-state index contributed by atoms with van der Waals surface area (Å²) in [5.74, 6) is 2.41. The Kier molecular flexibility index (Phi) is 3.56. The van der Waals surface area contributed by atoms with E-state index in [2.05, 4.69) is 50.2 Å². The van der Waals surface area contributed by atoms with E-state index in [-0.39, 0.29) is 0 Å². The van der Waals surface area contributed by atoms with Gasteiger partial charge in [-0.2, -0.15) is 0 Å². The number of thioether (sulfide) groups is 1. The average Bonchev–Trinajstić information content (AvgIpc) is 3.28. The van der Waals surface area contributed by atoms with Crippen LogP contribution >= 0.6 is 11.8 Å². The van der Waals surface area contributed by atoms with Crippen LogP contribution in [0.25, 0.3) is 11.3 Å². The van der Waals surface area contributed by atoms with Gasteiger partial charge in [0.25, 0.3) is 0 Å². The van der Waals surface area contributed by atoms with E-state index in [9.17, 15) is 0 Å². The highest BCUT2D eigenvalue weighted by Gasteiger charge is 2.31. The minimum atomic E-state index is 0.553. The van der Waals surface area contributed by atoms with Crippen LogP contribution in [0.1, 0.15) is 30.3 Å². The van der Waals surface area contributed by atoms with Gasteiger partial charge in [0.1, 0.15) is 11.5 Å². The Balaban J connectivity index is 1.45. The fourth-order valence-electron chi connectivity index (χ4n) is 3.00. The zero-order valence-electron chi connectivity index (χ0n) is 13.6. The van der Waals surface area contributed by atoms with Crippen molar-refractivity contribution in [1.29, 1.82) is 0 Å². The maximum atomic E-state index is 4.67. The van der Waals surface area contributed by atoms with Crippen LogP contribution in [0.3, 0.4) is 0 Å². The number of imidazole rings is 1. The van der Waals surface area contributed by atoms with Crippen LogP contribution in [0.15, 0.2) is 66.1 Å². The minimum absolute atomic E-state index is 0.553. The third kappa shape index (κ3) is 2.82. The van der Waals surface area contributed by atoms with Crippen molar-refractivity contribution in [2.45, 2.75) is 29.7 Å². The summed E-state index contributed by atoms with van der Waals surface area (Å²) in [5.41, 5.74) is 3.15. The van der Waals surface area contributed by atoms with Gasteiger partial charge >= 0.3 is 0 Å². The van der Waals surface area contributed by atoms with Crippen LogP contribution in [0.4, 0.5) is 0 Å². The van der Waals surface area contributed by atoms with Gasteiger partial charge in [0.2, 0.25) is 0 Å². The van der Waals surface area contributed by atoms with Crippen LogP contribution in [0, 0.1) is 0 Å². The molecule has 0 unspecified atom stereocenters. The highest BCUT2D eigenvalue weighted by atomic mass is 32.2. The first-order chi connectivity index (χ1) is 12.4. The van der Waals surface area contributed by atoms with Crippen LogP contribution < -0.4 is 0 Å². The molecule has 3 aromatic heterocycles. The summed E-state index contributed by atoms with van der Waals surface area (Å²) in [4.78, 5) is 4.67. The highest BCUT2D eigenvalue weighted by molar-refractivity contribution is 7.98. The monoisotopic (exact) mass is 347 g/mol. The lowest BCUT2D eigenvalue weighted by Gasteiger charge is -2.09. The minimum Gasteiger partial charge on any atom is -0.307 e. The van der Waals surface area contributed by atoms with E-state index >= 15 is 0 Å². The van der Waals surface area contributed by atoms with Crippen molar-refractivity contribution in [2.75, 3.05) is 0 Å². The van der Waals surface area contributed by atoms with Crippen molar-refractivity contribution in [2.24, 2.45) is 0 Å². The van der Waals surface area contributed by atoms with Gasteiger partial charge in [-0.3, -0.25) is 4.57 Å². The maximum absolute atomic E-state index is 4.67. The molecule has 25 heavy (non-hydrogen) atoms. The van der Waals surface area contributed by atoms with Crippen molar-refractivity contribution in [3.8, 4) is 5.69 Å². The van der Waals surface area contributed by atoms with Gasteiger partial charge in [-0.15, -0.1) is 10.2 Å². The van der Waals surface area contributed by atoms with E-state index in [1.54, 1.807) is 11.8 Å². The number of nitrogens with zero attached hydrogens (tertiary/aromatic N) is 5. The molecule has 0 atom stereocenters. The number of pyridine rings is 1. The lowest BCUT2D eigenvalue weighted by atomic mass is 10.3. The van der Waals surface area contributed by atoms with Crippen molar-refractivity contribution >= 4 is 17.4 Å². The Morgan fingerprint density at radius 1 is 1.00 bits per heavy atom. The van der Waals surface area contributed by atoms with Crippen molar-refractivity contribution in [1.82, 2.24) is 24.1 Å². The summed E-state index contributed by atoms with van der Waals surface area (Å²) >= 11 is 1.69. The van der Waals surface area contributed by atoms with Crippen molar-refractivity contribution in [3.05, 3.63) is 72.4 Å². The number of hydrogen-bond acceptors (Lipinski definition) is 4. The second kappa shape index (κ2) is 6.04. The average molecular weight is 347 g/mol. The predicted octanol–water partition coefficient (Wildman–Crippen LogP) is 4.08. The smallest absolute Gasteiger partial charge is 0.196 e. The molecule has 1 aliphatic rings. The van der Waals surface area contributed by atoms with E-state index in [1.807, 2.05) is 34.9 Å². The van der Waals surface area contributed by atoms with Gasteiger partial charge in [0, 0.05) is 29.8 Å². The maximum Gasteiger partial charge on any atom is 0.196 e. The van der Waals surface area contributed by atoms with E-state index in [1.165, 1.54) is 12.8 Å². The molecule has 6 heteroatoms. The van der Waals surface area contributed by atoms with Crippen LogP contribution in [0.5, 0.6) is 0 Å². The topological polar surface area (TPSA) is 48.0 Å². The van der Waals surface area contributed by atoms with Gasteiger partial charge in [-0.25, -0.2) is 4.98 Å². The Morgan fingerprint density at radius 2 is 1.84 bits per heavy atom. The number of fused-ring (bicyclic) bond motifs is 1. The second-order valence-electron chi connectivity index (χ2n) is 6.27. The standard InChI is InChI=1S/C19H17N5S/c1-2-6-16(7-3-1)24-18(14-9-10-14)21-22-19(24)25-13-15-12-23-11-5-4-8-17(23)20-15/h1-8,11-12,14H,9-10,13H2. The third-order valence-corrected chi connectivity index (χ3v) is 5.34. The predicted molar refractivity (Wildman–Crippen MR) is 98.1 cm³/mol. The lowest BCUT2D eigenvalue weighted by molar-refractivity contribution is 0.829. The number of para-hydroxylation sites is 1. The molecular formula is C19H17N5S. The first kappa shape index (κ1) is 14.7. The summed E-state index contributed by atoms with van der Waals surface area (Å²) in [5, 5.41) is 9.88. The fourth-order valence-corrected chi connectivity index (χ4v) is 3.84. The molecule has 0 radical (unpaired) electrons. The molecule has 0 saturated heterocycles. The molecule has 3 heterocycles. The van der Waals surface area contributed by atoms with Gasteiger partial charge in [0.15, 0.2) is 5.16 Å². The number of hydrogen-bond donors (Lipinski definition) is 0. The molecule has 4 aromatic rings. The summed E-state index contributed by atoms with van der Waals surface area (Å²) in [6, 6.07) is 16.4. The fraction of sp³-hybridized carbons (Fsp3) is 0.211. The van der Waals surface area contributed by atoms with Crippen molar-refractivity contribution < 1.29 is 0 Å². The largest absolute Gasteiger partial charge is 0.307 e. The van der Waals surface area contributed by atoms with Crippen LogP contribution in [0.2, 0.25) is 0 Å². The SMILES string of the molecule is c1ccc(-n2c(SCc3cn4ccccc4n3)nnc2C2CC2)cc1. The molecule has 1 fully saturated rings. The molecule has 5 rings (SSSR count). The second-order valence-corrected chi connectivity index (χ2v) is 7.22. The first-order valence-corrected chi connectivity index (χ1v) is 9.43. The molecule has 1 aliphatic carbocycles. The number of aromatic nitrogens is 5. The molecule has 1 saturated carbocycles. The normalized spacial score (nSPS) is 14.2. The summed E-state index contributed by atoms with van der Waals surface area (Å²) in [6.45, 7) is 0. The Hall–Kier alpha value is -2.60. The third-order valence-electron chi connectivity index (χ3n) is 4.38. The molecular weight excluding hydrogens is 330 g/mol. The van der Waals surface area contributed by atoms with E-state index in [0.717, 1.165) is 33.8 Å². The summed E-state index contributed by atoms with van der Waals surface area (Å²) in [7, 11) is 0. The van der Waals surface area contributed by atoms with Gasteiger partial charge in [-0.1, -0.05) is 36.0 Å². The van der Waals surface area contributed by atoms with E-state index in [0.29, 0.717) is 5.92 Å².